The van der Waals surface area contributed by atoms with Gasteiger partial charge in [-0.15, -0.1) is 0 Å². The van der Waals surface area contributed by atoms with Gasteiger partial charge in [0.15, 0.2) is 0 Å². The minimum absolute atomic E-state index is 0.648. The van der Waals surface area contributed by atoms with Gasteiger partial charge in [0, 0.05) is 19.1 Å². The Morgan fingerprint density at radius 2 is 1.63 bits per heavy atom. The van der Waals surface area contributed by atoms with E-state index in [4.69, 9.17) is 5.73 Å². The quantitative estimate of drug-likeness (QED) is 0.901. The molecule has 2 nitrogen and oxygen atoms in total. The fourth-order valence-electron chi connectivity index (χ4n) is 3.94. The Balaban J connectivity index is 1.66. The summed E-state index contributed by atoms with van der Waals surface area (Å²) in [5.74, 6) is 0.978. The third-order valence-corrected chi connectivity index (χ3v) is 5.00. The Kier molecular flexibility index (Phi) is 4.19. The summed E-state index contributed by atoms with van der Waals surface area (Å²) in [7, 11) is 0. The Labute approximate surface area is 117 Å². The first-order valence-corrected chi connectivity index (χ1v) is 7.89. The van der Waals surface area contributed by atoms with Crippen molar-refractivity contribution in [1.82, 2.24) is 4.90 Å². The molecule has 1 aliphatic heterocycles. The fourth-order valence-corrected chi connectivity index (χ4v) is 3.94. The molecule has 0 radical (unpaired) electrons. The molecule has 1 aromatic carbocycles. The van der Waals surface area contributed by atoms with Crippen LogP contribution in [0.15, 0.2) is 24.3 Å². The molecular weight excluding hydrogens is 232 g/mol. The van der Waals surface area contributed by atoms with Gasteiger partial charge in [0.05, 0.1) is 0 Å². The minimum atomic E-state index is 0.648. The van der Waals surface area contributed by atoms with Gasteiger partial charge in [0.1, 0.15) is 0 Å². The smallest absolute Gasteiger partial charge is 0.0236 e. The molecule has 1 aliphatic carbocycles. The van der Waals surface area contributed by atoms with E-state index in [-0.39, 0.29) is 0 Å². The summed E-state index contributed by atoms with van der Waals surface area (Å²) in [6.07, 6.45) is 8.64. The first-order valence-electron chi connectivity index (χ1n) is 7.89. The van der Waals surface area contributed by atoms with Gasteiger partial charge >= 0.3 is 0 Å². The van der Waals surface area contributed by atoms with Crippen molar-refractivity contribution in [1.29, 1.82) is 0 Å². The molecular formula is C17H26N2. The average molecular weight is 258 g/mol. The number of hydrogen-bond acceptors (Lipinski definition) is 2. The lowest BCUT2D eigenvalue weighted by Crippen LogP contribution is -2.46. The number of fused-ring (bicyclic) bond motifs is 1. The standard InChI is InChI=1S/C17H26N2/c18-12-14-7-9-15(10-8-14)13-19-11-3-5-16-4-1-2-6-17(16)19/h7-10,16-17H,1-6,11-13,18H2. The fraction of sp³-hybridized carbons (Fsp3) is 0.647. The van der Waals surface area contributed by atoms with Crippen LogP contribution in [0.1, 0.15) is 49.7 Å². The third-order valence-electron chi connectivity index (χ3n) is 5.00. The third kappa shape index (κ3) is 3.01. The van der Waals surface area contributed by atoms with E-state index in [9.17, 15) is 0 Å². The molecule has 2 N–H and O–H groups in total. The van der Waals surface area contributed by atoms with Crippen LogP contribution in [0, 0.1) is 5.92 Å². The maximum atomic E-state index is 5.66. The summed E-state index contributed by atoms with van der Waals surface area (Å²) in [5, 5.41) is 0. The molecule has 2 unspecified atom stereocenters. The Hall–Kier alpha value is -0.860. The summed E-state index contributed by atoms with van der Waals surface area (Å²) in [6.45, 7) is 3.07. The van der Waals surface area contributed by atoms with Crippen LogP contribution in [0.3, 0.4) is 0 Å². The number of benzene rings is 1. The number of piperidine rings is 1. The first kappa shape index (κ1) is 13.1. The van der Waals surface area contributed by atoms with E-state index in [1.54, 1.807) is 0 Å². The van der Waals surface area contributed by atoms with Crippen molar-refractivity contribution in [3.63, 3.8) is 0 Å². The van der Waals surface area contributed by atoms with Crippen LogP contribution in [-0.4, -0.2) is 17.5 Å². The van der Waals surface area contributed by atoms with Crippen molar-refractivity contribution in [2.24, 2.45) is 11.7 Å². The molecule has 0 amide bonds. The second-order valence-electron chi connectivity index (χ2n) is 6.25. The second-order valence-corrected chi connectivity index (χ2v) is 6.25. The lowest BCUT2D eigenvalue weighted by Gasteiger charge is -2.44. The highest BCUT2D eigenvalue weighted by atomic mass is 15.2. The van der Waals surface area contributed by atoms with Gasteiger partial charge in [-0.2, -0.15) is 0 Å². The van der Waals surface area contributed by atoms with Crippen LogP contribution in [0.2, 0.25) is 0 Å². The highest BCUT2D eigenvalue weighted by Crippen LogP contribution is 2.35. The van der Waals surface area contributed by atoms with E-state index in [2.05, 4.69) is 29.2 Å². The normalized spacial score (nSPS) is 28.1. The van der Waals surface area contributed by atoms with Gasteiger partial charge in [-0.25, -0.2) is 0 Å². The molecule has 0 spiro atoms. The van der Waals surface area contributed by atoms with Gasteiger partial charge in [-0.1, -0.05) is 37.1 Å². The Morgan fingerprint density at radius 3 is 2.42 bits per heavy atom. The number of nitrogens with two attached hydrogens (primary N) is 1. The molecule has 0 aromatic heterocycles. The molecule has 1 saturated carbocycles. The zero-order valence-electron chi connectivity index (χ0n) is 11.9. The molecule has 2 aliphatic rings. The van der Waals surface area contributed by atoms with Crippen molar-refractivity contribution in [3.05, 3.63) is 35.4 Å². The van der Waals surface area contributed by atoms with E-state index in [1.165, 1.54) is 56.2 Å². The van der Waals surface area contributed by atoms with Gasteiger partial charge < -0.3 is 5.73 Å². The van der Waals surface area contributed by atoms with Gasteiger partial charge in [0.2, 0.25) is 0 Å². The maximum Gasteiger partial charge on any atom is 0.0236 e. The van der Waals surface area contributed by atoms with E-state index in [0.717, 1.165) is 18.5 Å². The van der Waals surface area contributed by atoms with Crippen molar-refractivity contribution < 1.29 is 0 Å². The number of nitrogens with zero attached hydrogens (tertiary/aromatic N) is 1. The molecule has 19 heavy (non-hydrogen) atoms. The highest BCUT2D eigenvalue weighted by Gasteiger charge is 2.32. The molecule has 2 heteroatoms. The Bertz CT molecular complexity index is 396. The van der Waals surface area contributed by atoms with Crippen LogP contribution in [-0.2, 0) is 13.1 Å². The largest absolute Gasteiger partial charge is 0.326 e. The molecule has 1 heterocycles. The highest BCUT2D eigenvalue weighted by molar-refractivity contribution is 5.22. The van der Waals surface area contributed by atoms with Crippen molar-refractivity contribution in [3.8, 4) is 0 Å². The van der Waals surface area contributed by atoms with E-state index in [0.29, 0.717) is 6.54 Å². The van der Waals surface area contributed by atoms with Crippen LogP contribution < -0.4 is 5.73 Å². The first-order chi connectivity index (χ1) is 9.36. The predicted octanol–water partition coefficient (Wildman–Crippen LogP) is 3.30. The summed E-state index contributed by atoms with van der Waals surface area (Å²) < 4.78 is 0. The molecule has 0 bridgehead atoms. The lowest BCUT2D eigenvalue weighted by atomic mass is 9.78. The van der Waals surface area contributed by atoms with E-state index in [1.807, 2.05) is 0 Å². The zero-order chi connectivity index (χ0) is 13.1. The minimum Gasteiger partial charge on any atom is -0.326 e. The van der Waals surface area contributed by atoms with Crippen LogP contribution in [0.4, 0.5) is 0 Å². The van der Waals surface area contributed by atoms with Gasteiger partial charge in [-0.05, 0) is 49.3 Å². The average Bonchev–Trinajstić information content (AvgIpc) is 2.48. The molecule has 3 rings (SSSR count). The van der Waals surface area contributed by atoms with Crippen molar-refractivity contribution >= 4 is 0 Å². The maximum absolute atomic E-state index is 5.66. The lowest BCUT2D eigenvalue weighted by molar-refractivity contribution is 0.0547. The summed E-state index contributed by atoms with van der Waals surface area (Å²) in [4.78, 5) is 2.74. The molecule has 2 fully saturated rings. The van der Waals surface area contributed by atoms with Gasteiger partial charge in [-0.3, -0.25) is 4.90 Å². The second kappa shape index (κ2) is 6.06. The molecule has 1 aromatic rings. The van der Waals surface area contributed by atoms with Crippen molar-refractivity contribution in [2.45, 2.75) is 57.7 Å². The number of likely N-dealkylation sites (tertiary alicyclic amines) is 1. The Morgan fingerprint density at radius 1 is 0.947 bits per heavy atom. The van der Waals surface area contributed by atoms with E-state index < -0.39 is 0 Å². The molecule has 104 valence electrons. The number of hydrogen-bond donors (Lipinski definition) is 1. The topological polar surface area (TPSA) is 29.3 Å². The zero-order valence-corrected chi connectivity index (χ0v) is 11.9. The van der Waals surface area contributed by atoms with Gasteiger partial charge in [0.25, 0.3) is 0 Å². The van der Waals surface area contributed by atoms with Crippen LogP contribution in [0.5, 0.6) is 0 Å². The van der Waals surface area contributed by atoms with Crippen LogP contribution in [0.25, 0.3) is 0 Å². The number of rotatable bonds is 3. The van der Waals surface area contributed by atoms with Crippen LogP contribution >= 0.6 is 0 Å². The van der Waals surface area contributed by atoms with Crippen molar-refractivity contribution in [2.75, 3.05) is 6.54 Å². The molecule has 1 saturated heterocycles. The monoisotopic (exact) mass is 258 g/mol. The summed E-state index contributed by atoms with van der Waals surface area (Å²) >= 11 is 0. The summed E-state index contributed by atoms with van der Waals surface area (Å²) in [6, 6.07) is 9.73. The summed E-state index contributed by atoms with van der Waals surface area (Å²) in [5.41, 5.74) is 8.34. The SMILES string of the molecule is NCc1ccc(CN2CCCC3CCCCC32)cc1. The molecule has 2 atom stereocenters. The van der Waals surface area contributed by atoms with E-state index >= 15 is 0 Å². The predicted molar refractivity (Wildman–Crippen MR) is 79.7 cm³/mol.